The van der Waals surface area contributed by atoms with E-state index >= 15 is 0 Å². The van der Waals surface area contributed by atoms with Crippen LogP contribution in [0.5, 0.6) is 0 Å². The maximum absolute atomic E-state index is 14.0. The van der Waals surface area contributed by atoms with E-state index in [0.717, 1.165) is 48.6 Å². The van der Waals surface area contributed by atoms with Crippen molar-refractivity contribution in [2.75, 3.05) is 28.2 Å². The summed E-state index contributed by atoms with van der Waals surface area (Å²) in [7, 11) is 0. The predicted molar refractivity (Wildman–Crippen MR) is 127 cm³/mol. The Balaban J connectivity index is 1.49. The number of aromatic nitrogens is 1. The van der Waals surface area contributed by atoms with Gasteiger partial charge in [0.15, 0.2) is 0 Å². The molecule has 1 saturated heterocycles. The topological polar surface area (TPSA) is 72.3 Å². The van der Waals surface area contributed by atoms with Gasteiger partial charge in [-0.15, -0.1) is 0 Å². The summed E-state index contributed by atoms with van der Waals surface area (Å²) in [6, 6.07) is 12.1. The van der Waals surface area contributed by atoms with Crippen LogP contribution >= 0.6 is 0 Å². The molecule has 0 radical (unpaired) electrons. The second-order valence-electron chi connectivity index (χ2n) is 9.83. The second kappa shape index (κ2) is 8.86. The standard InChI is InChI=1S/C26H29F2N5O/c1-17-14-26(27,28)9-6-21(17)25(34)33-16-19-3-2-10-30-24(19)31-22-5-4-20(13-23(22)33)32-11-7-18(15-29)8-12-32/h2-5,10,13,17-18,21H,6-9,11-12,14,16H2,1H3,(H,30,31)/t17-,21?/m0/s1. The number of hydrogen-bond donors (Lipinski definition) is 1. The van der Waals surface area contributed by atoms with Crippen LogP contribution < -0.4 is 15.1 Å². The van der Waals surface area contributed by atoms with Crippen molar-refractivity contribution in [1.82, 2.24) is 4.98 Å². The quantitative estimate of drug-likeness (QED) is 0.636. The molecule has 0 bridgehead atoms. The molecule has 2 fully saturated rings. The van der Waals surface area contributed by atoms with Gasteiger partial charge in [0.2, 0.25) is 11.8 Å². The van der Waals surface area contributed by atoms with Crippen LogP contribution in [0.2, 0.25) is 0 Å². The number of fused-ring (bicyclic) bond motifs is 2. The molecule has 1 aliphatic carbocycles. The highest BCUT2D eigenvalue weighted by Gasteiger charge is 2.44. The minimum Gasteiger partial charge on any atom is -0.371 e. The third-order valence-corrected chi connectivity index (χ3v) is 7.50. The number of alkyl halides is 2. The van der Waals surface area contributed by atoms with Gasteiger partial charge >= 0.3 is 0 Å². The Morgan fingerprint density at radius 2 is 2.03 bits per heavy atom. The molecule has 34 heavy (non-hydrogen) atoms. The van der Waals surface area contributed by atoms with Crippen molar-refractivity contribution in [1.29, 1.82) is 5.26 Å². The van der Waals surface area contributed by atoms with Gasteiger partial charge in [-0.3, -0.25) is 4.79 Å². The SMILES string of the molecule is C[C@H]1CC(F)(F)CCC1C(=O)N1Cc2cccnc2Nc2ccc(N3CCC(C#N)CC3)cc21. The second-order valence-corrected chi connectivity index (χ2v) is 9.83. The first-order valence-corrected chi connectivity index (χ1v) is 12.0. The van der Waals surface area contributed by atoms with E-state index in [2.05, 4.69) is 21.3 Å². The number of hydrogen-bond acceptors (Lipinski definition) is 5. The molecule has 178 valence electrons. The number of amides is 1. The van der Waals surface area contributed by atoms with Gasteiger partial charge in [0.25, 0.3) is 0 Å². The molecule has 1 aromatic carbocycles. The van der Waals surface area contributed by atoms with E-state index in [0.29, 0.717) is 12.4 Å². The van der Waals surface area contributed by atoms with E-state index in [-0.39, 0.29) is 31.1 Å². The number of nitrogens with one attached hydrogen (secondary N) is 1. The lowest BCUT2D eigenvalue weighted by atomic mass is 9.77. The van der Waals surface area contributed by atoms with Crippen LogP contribution in [0.25, 0.3) is 0 Å². The fourth-order valence-corrected chi connectivity index (χ4v) is 5.50. The Morgan fingerprint density at radius 1 is 1.24 bits per heavy atom. The minimum atomic E-state index is -2.70. The number of rotatable bonds is 2. The van der Waals surface area contributed by atoms with Crippen LogP contribution in [0.1, 0.15) is 44.6 Å². The maximum atomic E-state index is 14.0. The molecule has 6 nitrogen and oxygen atoms in total. The summed E-state index contributed by atoms with van der Waals surface area (Å²) in [5.74, 6) is -2.86. The van der Waals surface area contributed by atoms with Gasteiger partial charge in [0.1, 0.15) is 5.82 Å². The third kappa shape index (κ3) is 4.31. The minimum absolute atomic E-state index is 0.0864. The first-order chi connectivity index (χ1) is 16.3. The third-order valence-electron chi connectivity index (χ3n) is 7.50. The first-order valence-electron chi connectivity index (χ1n) is 12.0. The van der Waals surface area contributed by atoms with Gasteiger partial charge in [-0.05, 0) is 49.4 Å². The first kappa shape index (κ1) is 22.6. The Kier molecular flexibility index (Phi) is 5.88. The van der Waals surface area contributed by atoms with Crippen LogP contribution in [-0.4, -0.2) is 29.9 Å². The van der Waals surface area contributed by atoms with Crippen molar-refractivity contribution in [3.05, 3.63) is 42.1 Å². The largest absolute Gasteiger partial charge is 0.371 e. The van der Waals surface area contributed by atoms with E-state index < -0.39 is 17.8 Å². The summed E-state index contributed by atoms with van der Waals surface area (Å²) in [6.45, 7) is 3.67. The van der Waals surface area contributed by atoms with Crippen molar-refractivity contribution in [3.8, 4) is 6.07 Å². The van der Waals surface area contributed by atoms with Gasteiger partial charge in [-0.1, -0.05) is 13.0 Å². The van der Waals surface area contributed by atoms with Crippen molar-refractivity contribution in [2.45, 2.75) is 51.5 Å². The number of pyridine rings is 1. The predicted octanol–water partition coefficient (Wildman–Crippen LogP) is 5.48. The fraction of sp³-hybridized carbons (Fsp3) is 0.500. The van der Waals surface area contributed by atoms with Crippen LogP contribution in [0.15, 0.2) is 36.5 Å². The highest BCUT2D eigenvalue weighted by Crippen LogP contribution is 2.44. The number of anilines is 4. The van der Waals surface area contributed by atoms with Crippen molar-refractivity contribution >= 4 is 28.8 Å². The Morgan fingerprint density at radius 3 is 2.76 bits per heavy atom. The molecule has 1 unspecified atom stereocenters. The number of nitrogens with zero attached hydrogens (tertiary/aromatic N) is 4. The van der Waals surface area contributed by atoms with Crippen LogP contribution in [0.4, 0.5) is 31.7 Å². The normalized spacial score (nSPS) is 24.3. The van der Waals surface area contributed by atoms with Crippen LogP contribution in [0, 0.1) is 29.1 Å². The zero-order valence-electron chi connectivity index (χ0n) is 19.3. The molecule has 1 aromatic heterocycles. The molecule has 0 spiro atoms. The molecular weight excluding hydrogens is 436 g/mol. The molecule has 5 rings (SSSR count). The van der Waals surface area contributed by atoms with Crippen LogP contribution in [0.3, 0.4) is 0 Å². The molecular formula is C26H29F2N5O. The smallest absolute Gasteiger partial charge is 0.248 e. The lowest BCUT2D eigenvalue weighted by Crippen LogP contribution is -2.43. The monoisotopic (exact) mass is 465 g/mol. The lowest BCUT2D eigenvalue weighted by molar-refractivity contribution is -0.130. The van der Waals surface area contributed by atoms with Gasteiger partial charge in [0.05, 0.1) is 24.0 Å². The van der Waals surface area contributed by atoms with E-state index in [9.17, 15) is 18.8 Å². The van der Waals surface area contributed by atoms with Gasteiger partial charge in [-0.25, -0.2) is 13.8 Å². The number of benzene rings is 1. The summed E-state index contributed by atoms with van der Waals surface area (Å²) in [5, 5.41) is 12.6. The van der Waals surface area contributed by atoms with E-state index in [4.69, 9.17) is 0 Å². The average Bonchev–Trinajstić information content (AvgIpc) is 2.99. The summed E-state index contributed by atoms with van der Waals surface area (Å²) >= 11 is 0. The highest BCUT2D eigenvalue weighted by molar-refractivity contribution is 6.00. The highest BCUT2D eigenvalue weighted by atomic mass is 19.3. The van der Waals surface area contributed by atoms with Crippen LogP contribution in [-0.2, 0) is 11.3 Å². The number of halogens is 2. The summed E-state index contributed by atoms with van der Waals surface area (Å²) in [4.78, 5) is 22.3. The number of nitriles is 1. The number of carbonyl (C=O) groups excluding carboxylic acids is 1. The van der Waals surface area contributed by atoms with Gasteiger partial charge in [0, 0.05) is 55.2 Å². The molecule has 2 aromatic rings. The molecule has 3 heterocycles. The van der Waals surface area contributed by atoms with Crippen molar-refractivity contribution in [2.24, 2.45) is 17.8 Å². The number of piperidine rings is 1. The van der Waals surface area contributed by atoms with E-state index in [1.807, 2.05) is 30.3 Å². The average molecular weight is 466 g/mol. The molecule has 1 amide bonds. The zero-order chi connectivity index (χ0) is 23.9. The number of carbonyl (C=O) groups is 1. The fourth-order valence-electron chi connectivity index (χ4n) is 5.50. The molecule has 1 saturated carbocycles. The zero-order valence-corrected chi connectivity index (χ0v) is 19.3. The molecule has 1 N–H and O–H groups in total. The summed E-state index contributed by atoms with van der Waals surface area (Å²) in [6.07, 6.45) is 3.03. The van der Waals surface area contributed by atoms with E-state index in [1.54, 1.807) is 18.0 Å². The Labute approximate surface area is 198 Å². The van der Waals surface area contributed by atoms with Gasteiger partial charge < -0.3 is 15.1 Å². The van der Waals surface area contributed by atoms with Crippen molar-refractivity contribution in [3.63, 3.8) is 0 Å². The molecule has 8 heteroatoms. The molecule has 2 atom stereocenters. The summed E-state index contributed by atoms with van der Waals surface area (Å²) in [5.41, 5.74) is 3.40. The summed E-state index contributed by atoms with van der Waals surface area (Å²) < 4.78 is 28.0. The maximum Gasteiger partial charge on any atom is 0.248 e. The lowest BCUT2D eigenvalue weighted by Gasteiger charge is -2.37. The Hall–Kier alpha value is -3.21. The molecule has 2 aliphatic heterocycles. The van der Waals surface area contributed by atoms with Gasteiger partial charge in [-0.2, -0.15) is 5.26 Å². The Bertz CT molecular complexity index is 1120. The molecule has 3 aliphatic rings. The van der Waals surface area contributed by atoms with Crippen molar-refractivity contribution < 1.29 is 13.6 Å². The van der Waals surface area contributed by atoms with E-state index in [1.165, 1.54) is 0 Å².